The van der Waals surface area contributed by atoms with Crippen molar-refractivity contribution in [3.8, 4) is 33.6 Å². The fraction of sp³-hybridized carbons (Fsp3) is 0.312. The number of ether oxygens (including phenoxy) is 2. The van der Waals surface area contributed by atoms with Crippen molar-refractivity contribution in [2.75, 3.05) is 26.9 Å². The molecular weight excluding hydrogens is 755 g/mol. The molecule has 0 spiro atoms. The first-order chi connectivity index (χ1) is 29.4. The molecule has 0 unspecified atom stereocenters. The average Bonchev–Trinajstić information content (AvgIpc) is 4.09. The molecule has 308 valence electrons. The van der Waals surface area contributed by atoms with Crippen LogP contribution in [0.25, 0.3) is 33.6 Å². The zero-order valence-electron chi connectivity index (χ0n) is 33.8. The molecule has 2 saturated heterocycles. The molecular formula is C48H51N7O5. The van der Waals surface area contributed by atoms with E-state index in [0.717, 1.165) is 82.7 Å². The van der Waals surface area contributed by atoms with Gasteiger partial charge in [-0.3, -0.25) is 9.59 Å². The Bertz CT molecular complexity index is 2300. The third-order valence-electron chi connectivity index (χ3n) is 11.6. The van der Waals surface area contributed by atoms with Crippen molar-refractivity contribution >= 4 is 17.9 Å². The van der Waals surface area contributed by atoms with Gasteiger partial charge in [0.15, 0.2) is 0 Å². The van der Waals surface area contributed by atoms with E-state index in [0.29, 0.717) is 38.4 Å². The lowest BCUT2D eigenvalue weighted by atomic mass is 9.90. The van der Waals surface area contributed by atoms with Gasteiger partial charge >= 0.3 is 6.09 Å². The predicted octanol–water partition coefficient (Wildman–Crippen LogP) is 8.49. The molecule has 0 saturated carbocycles. The summed E-state index contributed by atoms with van der Waals surface area (Å²) in [7, 11) is 1.29. The highest BCUT2D eigenvalue weighted by molar-refractivity contribution is 5.88. The van der Waals surface area contributed by atoms with Crippen molar-refractivity contribution in [1.29, 1.82) is 0 Å². The Morgan fingerprint density at radius 3 is 1.90 bits per heavy atom. The zero-order valence-corrected chi connectivity index (χ0v) is 33.8. The second kappa shape index (κ2) is 19.0. The minimum Gasteiger partial charge on any atom is -0.453 e. The molecule has 0 aliphatic carbocycles. The number of hydrogen-bond acceptors (Lipinski definition) is 7. The molecule has 0 radical (unpaired) electrons. The molecule has 4 aromatic carbocycles. The normalized spacial score (nSPS) is 18.9. The number of likely N-dealkylation sites (tertiary alicyclic amines) is 1. The van der Waals surface area contributed by atoms with E-state index in [-0.39, 0.29) is 23.8 Å². The number of aromatic amines is 2. The van der Waals surface area contributed by atoms with Gasteiger partial charge in [-0.1, -0.05) is 122 Å². The van der Waals surface area contributed by atoms with Gasteiger partial charge < -0.3 is 35.0 Å². The number of H-pyrrole nitrogens is 2. The molecule has 2 aromatic heterocycles. The Hall–Kier alpha value is -6.53. The minimum atomic E-state index is -0.702. The molecule has 12 heteroatoms. The van der Waals surface area contributed by atoms with Gasteiger partial charge in [0.25, 0.3) is 0 Å². The average molecular weight is 806 g/mol. The molecule has 8 rings (SSSR count). The first kappa shape index (κ1) is 40.3. The summed E-state index contributed by atoms with van der Waals surface area (Å²) in [5, 5.41) is 5.75. The Morgan fingerprint density at radius 1 is 0.700 bits per heavy atom. The van der Waals surface area contributed by atoms with Crippen LogP contribution in [-0.4, -0.2) is 75.7 Å². The maximum Gasteiger partial charge on any atom is 0.407 e. The Morgan fingerprint density at radius 2 is 1.28 bits per heavy atom. The molecule has 12 nitrogen and oxygen atoms in total. The highest BCUT2D eigenvalue weighted by Crippen LogP contribution is 2.37. The number of imidazole rings is 2. The van der Waals surface area contributed by atoms with Crippen molar-refractivity contribution in [3.63, 3.8) is 0 Å². The first-order valence-corrected chi connectivity index (χ1v) is 20.9. The molecule has 4 N–H and O–H groups in total. The molecule has 6 aromatic rings. The molecule has 3 atom stereocenters. The second-order valence-electron chi connectivity index (χ2n) is 15.5. The van der Waals surface area contributed by atoms with Crippen LogP contribution in [0.5, 0.6) is 0 Å². The molecule has 2 aliphatic rings. The van der Waals surface area contributed by atoms with Gasteiger partial charge in [0.1, 0.15) is 17.7 Å². The van der Waals surface area contributed by atoms with E-state index in [4.69, 9.17) is 14.5 Å². The topological polar surface area (TPSA) is 154 Å². The van der Waals surface area contributed by atoms with Crippen LogP contribution in [0.15, 0.2) is 122 Å². The number of hydrogen-bond donors (Lipinski definition) is 4. The molecule has 2 fully saturated rings. The van der Waals surface area contributed by atoms with Crippen molar-refractivity contribution in [2.45, 2.75) is 69.0 Å². The minimum absolute atomic E-state index is 0.0932. The van der Waals surface area contributed by atoms with Crippen LogP contribution in [0, 0.1) is 0 Å². The smallest absolute Gasteiger partial charge is 0.407 e. The molecule has 2 aliphatic heterocycles. The van der Waals surface area contributed by atoms with Crippen molar-refractivity contribution in [1.82, 2.24) is 35.5 Å². The van der Waals surface area contributed by atoms with Gasteiger partial charge in [0.2, 0.25) is 11.8 Å². The predicted molar refractivity (Wildman–Crippen MR) is 230 cm³/mol. The van der Waals surface area contributed by atoms with Crippen molar-refractivity contribution < 1.29 is 23.9 Å². The van der Waals surface area contributed by atoms with E-state index in [9.17, 15) is 14.4 Å². The van der Waals surface area contributed by atoms with Crippen LogP contribution >= 0.6 is 0 Å². The van der Waals surface area contributed by atoms with Gasteiger partial charge in [-0.25, -0.2) is 14.8 Å². The van der Waals surface area contributed by atoms with E-state index >= 15 is 0 Å². The largest absolute Gasteiger partial charge is 0.453 e. The monoisotopic (exact) mass is 805 g/mol. The fourth-order valence-electron chi connectivity index (χ4n) is 8.30. The molecule has 60 heavy (non-hydrogen) atoms. The van der Waals surface area contributed by atoms with E-state index in [1.165, 1.54) is 7.11 Å². The summed E-state index contributed by atoms with van der Waals surface area (Å²) in [5.41, 5.74) is 7.81. The third-order valence-corrected chi connectivity index (χ3v) is 11.6. The summed E-state index contributed by atoms with van der Waals surface area (Å²) in [4.78, 5) is 58.0. The summed E-state index contributed by atoms with van der Waals surface area (Å²) in [6, 6.07) is 35.4. The highest BCUT2D eigenvalue weighted by Gasteiger charge is 2.37. The molecule has 3 amide bonds. The number of amides is 3. The number of methoxy groups -OCH3 is 1. The van der Waals surface area contributed by atoms with Gasteiger partial charge in [-0.2, -0.15) is 0 Å². The quantitative estimate of drug-likeness (QED) is 0.114. The highest BCUT2D eigenvalue weighted by atomic mass is 16.5. The van der Waals surface area contributed by atoms with Gasteiger partial charge in [-0.05, 0) is 65.5 Å². The van der Waals surface area contributed by atoms with Crippen molar-refractivity contribution in [2.24, 2.45) is 0 Å². The number of carbonyl (C=O) groups excluding carboxylic acids is 3. The number of carbonyl (C=O) groups is 3. The lowest BCUT2D eigenvalue weighted by Crippen LogP contribution is -2.48. The number of alkyl carbamates (subject to hydrolysis) is 1. The van der Waals surface area contributed by atoms with Gasteiger partial charge in [-0.15, -0.1) is 0 Å². The van der Waals surface area contributed by atoms with Crippen LogP contribution in [-0.2, 0) is 19.1 Å². The molecule has 0 bridgehead atoms. The second-order valence-corrected chi connectivity index (χ2v) is 15.5. The summed E-state index contributed by atoms with van der Waals surface area (Å²) >= 11 is 0. The summed E-state index contributed by atoms with van der Waals surface area (Å²) in [5.74, 6) is 0.854. The maximum atomic E-state index is 14.3. The lowest BCUT2D eigenvalue weighted by Gasteiger charge is -2.28. The van der Waals surface area contributed by atoms with E-state index in [1.54, 1.807) is 6.20 Å². The fourth-order valence-corrected chi connectivity index (χ4v) is 8.30. The Kier molecular flexibility index (Phi) is 12.8. The number of nitrogens with zero attached hydrogens (tertiary/aromatic N) is 3. The van der Waals surface area contributed by atoms with E-state index < -0.39 is 18.2 Å². The Labute approximate surface area is 350 Å². The Balaban J connectivity index is 0.931. The zero-order chi connectivity index (χ0) is 41.3. The summed E-state index contributed by atoms with van der Waals surface area (Å²) < 4.78 is 10.6. The molecule has 4 heterocycles. The van der Waals surface area contributed by atoms with Gasteiger partial charge in [0.05, 0.1) is 48.9 Å². The van der Waals surface area contributed by atoms with Crippen LogP contribution < -0.4 is 10.6 Å². The van der Waals surface area contributed by atoms with Crippen LogP contribution in [0.1, 0.15) is 85.7 Å². The SMILES string of the molecule is COC(=O)N[C@H]1CCCCCOCC[C@@H](c2ncc(-c3ccc(-c4ccc(-c5cnc([C@@H]6CCCN6C(=O)C(c6ccccc6)c6ccccc6)[nH]5)cc4)cc3)[nH]2)NC1=O. The maximum absolute atomic E-state index is 14.3. The van der Waals surface area contributed by atoms with E-state index in [1.807, 2.05) is 71.8 Å². The summed E-state index contributed by atoms with van der Waals surface area (Å²) in [6.45, 7) is 1.81. The van der Waals surface area contributed by atoms with E-state index in [2.05, 4.69) is 74.1 Å². The van der Waals surface area contributed by atoms with Crippen LogP contribution in [0.4, 0.5) is 4.79 Å². The van der Waals surface area contributed by atoms with Crippen LogP contribution in [0.2, 0.25) is 0 Å². The van der Waals surface area contributed by atoms with Crippen LogP contribution in [0.3, 0.4) is 0 Å². The number of benzene rings is 4. The number of rotatable bonds is 9. The third kappa shape index (κ3) is 9.34. The number of aromatic nitrogens is 4. The van der Waals surface area contributed by atoms with Gasteiger partial charge in [0, 0.05) is 19.8 Å². The summed E-state index contributed by atoms with van der Waals surface area (Å²) in [6.07, 6.45) is 8.39. The first-order valence-electron chi connectivity index (χ1n) is 20.9. The standard InChI is InChI=1S/C48H51N7O5/c1-59-48(58)54-39-16-9-4-10-28-60-29-26-38(53-46(39)56)44-49-30-40(51-44)34-22-18-32(19-23-34)33-20-24-35(25-21-33)41-31-50-45(52-41)42-17-11-27-55(42)47(57)43(36-12-5-2-6-13-36)37-14-7-3-8-15-37/h2-3,5-8,12-15,18-25,30-31,38-39,42-43H,4,9-11,16-17,26-29H2,1H3,(H,49,51)(H,50,52)(H,53,56)(H,54,58)/t38-,39-,42-/m0/s1. The number of nitrogens with one attached hydrogen (secondary N) is 4. The van der Waals surface area contributed by atoms with Crippen molar-refractivity contribution in [3.05, 3.63) is 144 Å². The lowest BCUT2D eigenvalue weighted by molar-refractivity contribution is -0.133.